The summed E-state index contributed by atoms with van der Waals surface area (Å²) in [4.78, 5) is 16.7. The number of unbranched alkanes of at least 4 members (excludes halogenated alkanes) is 6. The SMILES string of the molecule is CCCCCCCCCC(=O)c1cnc(C)s1. The van der Waals surface area contributed by atoms with Crippen LogP contribution < -0.4 is 0 Å². The highest BCUT2D eigenvalue weighted by Crippen LogP contribution is 2.16. The van der Waals surface area contributed by atoms with Crippen LogP contribution in [0.2, 0.25) is 0 Å². The van der Waals surface area contributed by atoms with Crippen molar-refractivity contribution >= 4 is 17.1 Å². The summed E-state index contributed by atoms with van der Waals surface area (Å²) in [5.74, 6) is 0.268. The quantitative estimate of drug-likeness (QED) is 0.468. The lowest BCUT2D eigenvalue weighted by atomic mass is 10.1. The van der Waals surface area contributed by atoms with Crippen molar-refractivity contribution in [3.05, 3.63) is 16.1 Å². The minimum atomic E-state index is 0.268. The first kappa shape index (κ1) is 14.4. The standard InChI is InChI=1S/C14H23NOS/c1-3-4-5-6-7-8-9-10-13(16)14-11-15-12(2)17-14/h11H,3-10H2,1-2H3. The fourth-order valence-electron chi connectivity index (χ4n) is 1.86. The number of rotatable bonds is 9. The highest BCUT2D eigenvalue weighted by Gasteiger charge is 2.08. The van der Waals surface area contributed by atoms with Gasteiger partial charge in [0.15, 0.2) is 5.78 Å². The molecule has 0 saturated heterocycles. The number of aromatic nitrogens is 1. The fraction of sp³-hybridized carbons (Fsp3) is 0.714. The second-order valence-corrected chi connectivity index (χ2v) is 5.77. The van der Waals surface area contributed by atoms with Crippen LogP contribution in [0.1, 0.15) is 73.0 Å². The fourth-order valence-corrected chi connectivity index (χ4v) is 2.60. The van der Waals surface area contributed by atoms with Gasteiger partial charge in [0.1, 0.15) is 0 Å². The van der Waals surface area contributed by atoms with Crippen LogP contribution >= 0.6 is 11.3 Å². The molecule has 1 aromatic rings. The van der Waals surface area contributed by atoms with Gasteiger partial charge in [-0.3, -0.25) is 4.79 Å². The van der Waals surface area contributed by atoms with Crippen molar-refractivity contribution in [1.82, 2.24) is 4.98 Å². The van der Waals surface area contributed by atoms with Crippen molar-refractivity contribution in [3.8, 4) is 0 Å². The summed E-state index contributed by atoms with van der Waals surface area (Å²) < 4.78 is 0. The van der Waals surface area contributed by atoms with Gasteiger partial charge in [-0.2, -0.15) is 0 Å². The average molecular weight is 253 g/mol. The van der Waals surface area contributed by atoms with E-state index in [0.717, 1.165) is 16.3 Å². The molecule has 0 N–H and O–H groups in total. The van der Waals surface area contributed by atoms with Crippen molar-refractivity contribution in [3.63, 3.8) is 0 Å². The van der Waals surface area contributed by atoms with Crippen LogP contribution in [0, 0.1) is 6.92 Å². The van der Waals surface area contributed by atoms with E-state index in [1.54, 1.807) is 6.20 Å². The Morgan fingerprint density at radius 2 is 1.82 bits per heavy atom. The third kappa shape index (κ3) is 5.97. The van der Waals surface area contributed by atoms with Crippen LogP contribution in [0.15, 0.2) is 6.20 Å². The Kier molecular flexibility index (Phi) is 7.10. The number of carbonyl (C=O) groups excluding carboxylic acids is 1. The molecule has 1 aromatic heterocycles. The smallest absolute Gasteiger partial charge is 0.174 e. The molecule has 2 nitrogen and oxygen atoms in total. The molecule has 17 heavy (non-hydrogen) atoms. The van der Waals surface area contributed by atoms with Gasteiger partial charge < -0.3 is 0 Å². The zero-order valence-corrected chi connectivity index (χ0v) is 11.8. The summed E-state index contributed by atoms with van der Waals surface area (Å²) in [6.07, 6.45) is 11.2. The van der Waals surface area contributed by atoms with Gasteiger partial charge in [0, 0.05) is 12.6 Å². The van der Waals surface area contributed by atoms with Crippen molar-refractivity contribution in [1.29, 1.82) is 0 Å². The van der Waals surface area contributed by atoms with Crippen LogP contribution in [-0.2, 0) is 0 Å². The zero-order chi connectivity index (χ0) is 12.5. The molecule has 0 aliphatic rings. The molecule has 1 rings (SSSR count). The van der Waals surface area contributed by atoms with Gasteiger partial charge in [-0.15, -0.1) is 11.3 Å². The molecule has 0 fully saturated rings. The third-order valence-corrected chi connectivity index (χ3v) is 3.86. The first-order valence-electron chi connectivity index (χ1n) is 6.69. The summed E-state index contributed by atoms with van der Waals surface area (Å²) in [5, 5.41) is 0.980. The Morgan fingerprint density at radius 1 is 1.18 bits per heavy atom. The van der Waals surface area contributed by atoms with E-state index in [0.29, 0.717) is 6.42 Å². The van der Waals surface area contributed by atoms with Gasteiger partial charge in [-0.25, -0.2) is 4.98 Å². The lowest BCUT2D eigenvalue weighted by Gasteiger charge is -2.00. The molecule has 0 radical (unpaired) electrons. The molecule has 1 heterocycles. The molecule has 0 aromatic carbocycles. The molecular weight excluding hydrogens is 230 g/mol. The number of aryl methyl sites for hydroxylation is 1. The van der Waals surface area contributed by atoms with E-state index >= 15 is 0 Å². The Bertz CT molecular complexity index is 333. The van der Waals surface area contributed by atoms with Crippen molar-refractivity contribution < 1.29 is 4.79 Å². The van der Waals surface area contributed by atoms with Gasteiger partial charge in [0.2, 0.25) is 0 Å². The summed E-state index contributed by atoms with van der Waals surface area (Å²) in [5.41, 5.74) is 0. The second kappa shape index (κ2) is 8.40. The Morgan fingerprint density at radius 3 is 2.41 bits per heavy atom. The molecule has 96 valence electrons. The number of carbonyl (C=O) groups is 1. The van der Waals surface area contributed by atoms with E-state index in [1.807, 2.05) is 6.92 Å². The van der Waals surface area contributed by atoms with E-state index in [-0.39, 0.29) is 5.78 Å². The summed E-state index contributed by atoms with van der Waals surface area (Å²) in [6.45, 7) is 4.17. The molecule has 0 unspecified atom stereocenters. The lowest BCUT2D eigenvalue weighted by molar-refractivity contribution is 0.0983. The van der Waals surface area contributed by atoms with Crippen LogP contribution in [0.4, 0.5) is 0 Å². The largest absolute Gasteiger partial charge is 0.293 e. The lowest BCUT2D eigenvalue weighted by Crippen LogP contribution is -1.95. The van der Waals surface area contributed by atoms with Gasteiger partial charge in [0.25, 0.3) is 0 Å². The van der Waals surface area contributed by atoms with Crippen LogP contribution in [0.5, 0.6) is 0 Å². The van der Waals surface area contributed by atoms with Gasteiger partial charge >= 0.3 is 0 Å². The minimum Gasteiger partial charge on any atom is -0.293 e. The van der Waals surface area contributed by atoms with E-state index in [2.05, 4.69) is 11.9 Å². The zero-order valence-electron chi connectivity index (χ0n) is 11.0. The number of hydrogen-bond acceptors (Lipinski definition) is 3. The number of ketones is 1. The number of nitrogens with zero attached hydrogens (tertiary/aromatic N) is 1. The number of thiazole rings is 1. The van der Waals surface area contributed by atoms with Crippen LogP contribution in [-0.4, -0.2) is 10.8 Å². The first-order valence-corrected chi connectivity index (χ1v) is 7.51. The van der Waals surface area contributed by atoms with E-state index in [1.165, 1.54) is 49.9 Å². The van der Waals surface area contributed by atoms with Gasteiger partial charge in [-0.1, -0.05) is 45.4 Å². The second-order valence-electron chi connectivity index (χ2n) is 4.54. The summed E-state index contributed by atoms with van der Waals surface area (Å²) in [6, 6.07) is 0. The third-order valence-electron chi connectivity index (χ3n) is 2.90. The summed E-state index contributed by atoms with van der Waals surface area (Å²) in [7, 11) is 0. The minimum absolute atomic E-state index is 0.268. The average Bonchev–Trinajstić information content (AvgIpc) is 2.74. The highest BCUT2D eigenvalue weighted by molar-refractivity contribution is 7.13. The molecule has 0 aliphatic heterocycles. The maximum Gasteiger partial charge on any atom is 0.174 e. The predicted molar refractivity (Wildman–Crippen MR) is 73.8 cm³/mol. The highest BCUT2D eigenvalue weighted by atomic mass is 32.1. The molecule has 0 amide bonds. The Hall–Kier alpha value is -0.700. The van der Waals surface area contributed by atoms with Crippen molar-refractivity contribution in [2.45, 2.75) is 65.2 Å². The molecule has 0 saturated carbocycles. The van der Waals surface area contributed by atoms with E-state index < -0.39 is 0 Å². The van der Waals surface area contributed by atoms with Crippen LogP contribution in [0.25, 0.3) is 0 Å². The van der Waals surface area contributed by atoms with Gasteiger partial charge in [-0.05, 0) is 13.3 Å². The Labute approximate surface area is 108 Å². The molecule has 0 aliphatic carbocycles. The van der Waals surface area contributed by atoms with Gasteiger partial charge in [0.05, 0.1) is 9.88 Å². The maximum absolute atomic E-state index is 11.8. The monoisotopic (exact) mass is 253 g/mol. The van der Waals surface area contributed by atoms with Crippen molar-refractivity contribution in [2.75, 3.05) is 0 Å². The normalized spacial score (nSPS) is 10.7. The summed E-state index contributed by atoms with van der Waals surface area (Å²) >= 11 is 1.51. The van der Waals surface area contributed by atoms with E-state index in [9.17, 15) is 4.79 Å². The topological polar surface area (TPSA) is 30.0 Å². The molecule has 0 spiro atoms. The number of hydrogen-bond donors (Lipinski definition) is 0. The van der Waals surface area contributed by atoms with E-state index in [4.69, 9.17) is 0 Å². The first-order chi connectivity index (χ1) is 8.24. The van der Waals surface area contributed by atoms with Crippen molar-refractivity contribution in [2.24, 2.45) is 0 Å². The Balaban J connectivity index is 2.05. The maximum atomic E-state index is 11.8. The molecule has 0 bridgehead atoms. The van der Waals surface area contributed by atoms with Crippen LogP contribution in [0.3, 0.4) is 0 Å². The molecule has 3 heteroatoms. The number of Topliss-reactive ketones (excluding diaryl/α,β-unsaturated/α-hetero) is 1. The predicted octanol–water partition coefficient (Wildman–Crippen LogP) is 4.77. The molecular formula is C14H23NOS. The molecule has 0 atom stereocenters.